The molecule has 3 aromatic rings. The maximum Gasteiger partial charge on any atom is 0.240 e. The van der Waals surface area contributed by atoms with Crippen LogP contribution in [0.15, 0.2) is 82.6 Å². The number of rotatable bonds is 8. The zero-order chi connectivity index (χ0) is 23.2. The van der Waals surface area contributed by atoms with E-state index in [2.05, 4.69) is 9.44 Å². The molecule has 0 heterocycles. The molecular formula is C22H18N4O4S2. The third-order valence-corrected chi connectivity index (χ3v) is 7.27. The second-order valence-corrected chi connectivity index (χ2v) is 10.3. The highest BCUT2D eigenvalue weighted by atomic mass is 32.2. The van der Waals surface area contributed by atoms with Gasteiger partial charge in [-0.05, 0) is 47.5 Å². The van der Waals surface area contributed by atoms with Gasteiger partial charge in [0.05, 0.1) is 33.1 Å². The van der Waals surface area contributed by atoms with Gasteiger partial charge in [-0.25, -0.2) is 26.3 Å². The molecule has 0 fully saturated rings. The van der Waals surface area contributed by atoms with Crippen molar-refractivity contribution in [3.05, 3.63) is 95.1 Å². The molecule has 162 valence electrons. The summed E-state index contributed by atoms with van der Waals surface area (Å²) in [5.74, 6) is 0. The minimum Gasteiger partial charge on any atom is -0.207 e. The molecule has 0 unspecified atom stereocenters. The molecule has 2 N–H and O–H groups in total. The van der Waals surface area contributed by atoms with Crippen molar-refractivity contribution >= 4 is 20.0 Å². The largest absolute Gasteiger partial charge is 0.240 e. The quantitative estimate of drug-likeness (QED) is 0.522. The topological polar surface area (TPSA) is 140 Å². The third-order valence-electron chi connectivity index (χ3n) is 4.47. The van der Waals surface area contributed by atoms with Crippen LogP contribution in [-0.4, -0.2) is 16.8 Å². The van der Waals surface area contributed by atoms with E-state index in [1.165, 1.54) is 48.5 Å². The van der Waals surface area contributed by atoms with Crippen LogP contribution in [0.5, 0.6) is 0 Å². The van der Waals surface area contributed by atoms with Crippen LogP contribution in [0, 0.1) is 22.7 Å². The Morgan fingerprint density at radius 1 is 0.625 bits per heavy atom. The Morgan fingerprint density at radius 2 is 1.03 bits per heavy atom. The maximum atomic E-state index is 12.5. The van der Waals surface area contributed by atoms with E-state index >= 15 is 0 Å². The molecule has 0 atom stereocenters. The van der Waals surface area contributed by atoms with Crippen molar-refractivity contribution in [2.45, 2.75) is 22.9 Å². The highest BCUT2D eigenvalue weighted by Gasteiger charge is 2.16. The van der Waals surface area contributed by atoms with Gasteiger partial charge < -0.3 is 0 Å². The Labute approximate surface area is 186 Å². The molecule has 0 bridgehead atoms. The zero-order valence-corrected chi connectivity index (χ0v) is 18.3. The van der Waals surface area contributed by atoms with Gasteiger partial charge >= 0.3 is 0 Å². The highest BCUT2D eigenvalue weighted by Crippen LogP contribution is 2.14. The first kappa shape index (κ1) is 23.1. The van der Waals surface area contributed by atoms with Crippen LogP contribution < -0.4 is 9.44 Å². The van der Waals surface area contributed by atoms with Crippen LogP contribution in [0.1, 0.15) is 22.3 Å². The van der Waals surface area contributed by atoms with E-state index in [4.69, 9.17) is 10.5 Å². The minimum atomic E-state index is -3.82. The molecular weight excluding hydrogens is 448 g/mol. The number of nitrogens with one attached hydrogen (secondary N) is 2. The lowest BCUT2D eigenvalue weighted by molar-refractivity contribution is 0.580. The van der Waals surface area contributed by atoms with Crippen molar-refractivity contribution < 1.29 is 16.8 Å². The van der Waals surface area contributed by atoms with Gasteiger partial charge in [0.1, 0.15) is 0 Å². The third kappa shape index (κ3) is 5.78. The summed E-state index contributed by atoms with van der Waals surface area (Å²) < 4.78 is 54.9. The van der Waals surface area contributed by atoms with Crippen molar-refractivity contribution in [3.63, 3.8) is 0 Å². The van der Waals surface area contributed by atoms with E-state index < -0.39 is 20.0 Å². The van der Waals surface area contributed by atoms with E-state index in [0.717, 1.165) is 0 Å². The van der Waals surface area contributed by atoms with Gasteiger partial charge in [-0.15, -0.1) is 0 Å². The second kappa shape index (κ2) is 9.73. The van der Waals surface area contributed by atoms with Gasteiger partial charge in [-0.2, -0.15) is 10.5 Å². The van der Waals surface area contributed by atoms with Gasteiger partial charge in [0, 0.05) is 13.1 Å². The van der Waals surface area contributed by atoms with E-state index in [1.807, 2.05) is 12.1 Å². The molecule has 3 aromatic carbocycles. The standard InChI is InChI=1S/C22H18N4O4S2/c23-13-17-4-2-8-21(11-17)31(27,28)25-15-19-6-1-7-20(10-19)16-26-32(29,30)22-9-3-5-18(12-22)14-24/h1-12,25-26H,15-16H2. The van der Waals surface area contributed by atoms with Crippen LogP contribution >= 0.6 is 0 Å². The molecule has 0 aliphatic rings. The molecule has 0 saturated heterocycles. The van der Waals surface area contributed by atoms with E-state index in [0.29, 0.717) is 11.1 Å². The first-order chi connectivity index (χ1) is 15.2. The van der Waals surface area contributed by atoms with E-state index in [1.54, 1.807) is 24.3 Å². The monoisotopic (exact) mass is 466 g/mol. The van der Waals surface area contributed by atoms with Crippen molar-refractivity contribution in [1.82, 2.24) is 9.44 Å². The van der Waals surface area contributed by atoms with Crippen LogP contribution in [-0.2, 0) is 33.1 Å². The van der Waals surface area contributed by atoms with Gasteiger partial charge in [-0.3, -0.25) is 0 Å². The number of hydrogen-bond acceptors (Lipinski definition) is 6. The summed E-state index contributed by atoms with van der Waals surface area (Å²) in [6.07, 6.45) is 0. The lowest BCUT2D eigenvalue weighted by atomic mass is 10.1. The highest BCUT2D eigenvalue weighted by molar-refractivity contribution is 7.89. The number of nitrogens with zero attached hydrogens (tertiary/aromatic N) is 2. The fraction of sp³-hybridized carbons (Fsp3) is 0.0909. The van der Waals surface area contributed by atoms with Gasteiger partial charge in [0.15, 0.2) is 0 Å². The first-order valence-electron chi connectivity index (χ1n) is 9.31. The maximum absolute atomic E-state index is 12.5. The average Bonchev–Trinajstić information content (AvgIpc) is 2.82. The second-order valence-electron chi connectivity index (χ2n) is 6.75. The van der Waals surface area contributed by atoms with Crippen molar-refractivity contribution in [1.29, 1.82) is 10.5 Å². The van der Waals surface area contributed by atoms with Crippen molar-refractivity contribution in [3.8, 4) is 12.1 Å². The molecule has 0 amide bonds. The molecule has 0 aliphatic carbocycles. The van der Waals surface area contributed by atoms with Gasteiger partial charge in [0.2, 0.25) is 20.0 Å². The number of sulfonamides is 2. The summed E-state index contributed by atoms with van der Waals surface area (Å²) in [4.78, 5) is -0.0277. The van der Waals surface area contributed by atoms with Gasteiger partial charge in [-0.1, -0.05) is 36.4 Å². The summed E-state index contributed by atoms with van der Waals surface area (Å²) in [7, 11) is -7.64. The lowest BCUT2D eigenvalue weighted by Crippen LogP contribution is -2.24. The normalized spacial score (nSPS) is 11.4. The first-order valence-corrected chi connectivity index (χ1v) is 12.3. The molecule has 10 heteroatoms. The number of benzene rings is 3. The molecule has 0 spiro atoms. The van der Waals surface area contributed by atoms with Crippen molar-refractivity contribution in [2.24, 2.45) is 0 Å². The Hall–Kier alpha value is -3.54. The molecule has 3 rings (SSSR count). The fourth-order valence-corrected chi connectivity index (χ4v) is 4.96. The van der Waals surface area contributed by atoms with Crippen LogP contribution in [0.25, 0.3) is 0 Å². The van der Waals surface area contributed by atoms with Crippen LogP contribution in [0.4, 0.5) is 0 Å². The molecule has 0 aromatic heterocycles. The summed E-state index contributed by atoms with van der Waals surface area (Å²) in [5.41, 5.74) is 1.74. The van der Waals surface area contributed by atoms with Crippen LogP contribution in [0.3, 0.4) is 0 Å². The predicted molar refractivity (Wildman–Crippen MR) is 117 cm³/mol. The SMILES string of the molecule is N#Cc1cccc(S(=O)(=O)NCc2cccc(CNS(=O)(=O)c3cccc(C#N)c3)c2)c1. The molecule has 0 aliphatic heterocycles. The predicted octanol–water partition coefficient (Wildman–Crippen LogP) is 2.39. The summed E-state index contributed by atoms with van der Waals surface area (Å²) >= 11 is 0. The average molecular weight is 467 g/mol. The number of nitriles is 2. The molecule has 8 nitrogen and oxygen atoms in total. The van der Waals surface area contributed by atoms with E-state index in [-0.39, 0.29) is 34.0 Å². The Balaban J connectivity index is 1.68. The molecule has 0 saturated carbocycles. The van der Waals surface area contributed by atoms with Gasteiger partial charge in [0.25, 0.3) is 0 Å². The molecule has 0 radical (unpaired) electrons. The summed E-state index contributed by atoms with van der Waals surface area (Å²) in [6, 6.07) is 22.0. The van der Waals surface area contributed by atoms with Crippen LogP contribution in [0.2, 0.25) is 0 Å². The summed E-state index contributed by atoms with van der Waals surface area (Å²) in [5, 5.41) is 17.9. The zero-order valence-electron chi connectivity index (χ0n) is 16.7. The lowest BCUT2D eigenvalue weighted by Gasteiger charge is -2.10. The fourth-order valence-electron chi connectivity index (χ4n) is 2.84. The number of hydrogen-bond donors (Lipinski definition) is 2. The Bertz CT molecular complexity index is 1330. The Morgan fingerprint density at radius 3 is 1.44 bits per heavy atom. The summed E-state index contributed by atoms with van der Waals surface area (Å²) in [6.45, 7) is -0.0200. The minimum absolute atomic E-state index is 0.0100. The van der Waals surface area contributed by atoms with E-state index in [9.17, 15) is 16.8 Å². The smallest absolute Gasteiger partial charge is 0.207 e. The molecule has 32 heavy (non-hydrogen) atoms. The van der Waals surface area contributed by atoms with Crippen molar-refractivity contribution in [2.75, 3.05) is 0 Å². The Kier molecular flexibility index (Phi) is 7.03.